The van der Waals surface area contributed by atoms with Crippen molar-refractivity contribution in [2.75, 3.05) is 0 Å². The van der Waals surface area contributed by atoms with Crippen molar-refractivity contribution in [2.45, 2.75) is 38.7 Å². The van der Waals surface area contributed by atoms with Gasteiger partial charge in [-0.3, -0.25) is 4.79 Å². The van der Waals surface area contributed by atoms with Crippen LogP contribution in [0, 0.1) is 0 Å². The molecule has 0 bridgehead atoms. The van der Waals surface area contributed by atoms with Crippen LogP contribution in [-0.4, -0.2) is 11.3 Å². The molecule has 0 saturated carbocycles. The molecule has 0 N–H and O–H groups in total. The molecular weight excluding hydrogens is 224 g/mol. The SMILES string of the molecule is CC[C@H](Oc1ccc2c(c1)CCC2)C(=O)Cl. The van der Waals surface area contributed by atoms with Gasteiger partial charge >= 0.3 is 0 Å². The second kappa shape index (κ2) is 4.88. The molecule has 1 aliphatic rings. The van der Waals surface area contributed by atoms with E-state index in [2.05, 4.69) is 6.07 Å². The summed E-state index contributed by atoms with van der Waals surface area (Å²) in [5, 5.41) is -0.428. The van der Waals surface area contributed by atoms with Gasteiger partial charge < -0.3 is 4.74 Å². The Bertz CT molecular complexity index is 401. The molecule has 16 heavy (non-hydrogen) atoms. The highest BCUT2D eigenvalue weighted by Crippen LogP contribution is 2.26. The minimum Gasteiger partial charge on any atom is -0.481 e. The molecule has 0 unspecified atom stereocenters. The van der Waals surface area contributed by atoms with E-state index in [1.807, 2.05) is 19.1 Å². The predicted molar refractivity (Wildman–Crippen MR) is 64.0 cm³/mol. The highest BCUT2D eigenvalue weighted by Gasteiger charge is 2.17. The van der Waals surface area contributed by atoms with Gasteiger partial charge in [0.2, 0.25) is 0 Å². The van der Waals surface area contributed by atoms with Gasteiger partial charge in [-0.1, -0.05) is 13.0 Å². The third kappa shape index (κ3) is 2.38. The molecule has 1 aromatic rings. The van der Waals surface area contributed by atoms with Crippen molar-refractivity contribution in [1.82, 2.24) is 0 Å². The Balaban J connectivity index is 2.13. The largest absolute Gasteiger partial charge is 0.481 e. The third-order valence-electron chi connectivity index (χ3n) is 2.97. The zero-order valence-electron chi connectivity index (χ0n) is 9.33. The molecule has 0 heterocycles. The zero-order valence-corrected chi connectivity index (χ0v) is 10.1. The van der Waals surface area contributed by atoms with Crippen LogP contribution < -0.4 is 4.74 Å². The van der Waals surface area contributed by atoms with Crippen molar-refractivity contribution in [3.05, 3.63) is 29.3 Å². The summed E-state index contributed by atoms with van der Waals surface area (Å²) >= 11 is 5.45. The van der Waals surface area contributed by atoms with Gasteiger partial charge in [-0.25, -0.2) is 0 Å². The normalized spacial score (nSPS) is 15.6. The molecule has 0 spiro atoms. The number of hydrogen-bond donors (Lipinski definition) is 0. The maximum absolute atomic E-state index is 11.1. The number of benzene rings is 1. The lowest BCUT2D eigenvalue weighted by Crippen LogP contribution is -2.22. The van der Waals surface area contributed by atoms with Crippen LogP contribution in [0.15, 0.2) is 18.2 Å². The summed E-state index contributed by atoms with van der Waals surface area (Å²) in [5.74, 6) is 0.751. The van der Waals surface area contributed by atoms with Crippen molar-refractivity contribution in [3.63, 3.8) is 0 Å². The molecule has 1 aliphatic carbocycles. The molecule has 1 atom stereocenters. The van der Waals surface area contributed by atoms with Crippen LogP contribution in [-0.2, 0) is 17.6 Å². The van der Waals surface area contributed by atoms with Gasteiger partial charge in [0.25, 0.3) is 5.24 Å². The Morgan fingerprint density at radius 2 is 2.19 bits per heavy atom. The van der Waals surface area contributed by atoms with E-state index in [-0.39, 0.29) is 0 Å². The number of halogens is 1. The molecule has 0 radical (unpaired) electrons. The molecule has 2 rings (SSSR count). The summed E-state index contributed by atoms with van der Waals surface area (Å²) in [6, 6.07) is 6.04. The predicted octanol–water partition coefficient (Wildman–Crippen LogP) is 3.10. The molecule has 0 aliphatic heterocycles. The number of rotatable bonds is 4. The first-order chi connectivity index (χ1) is 7.70. The van der Waals surface area contributed by atoms with Crippen LogP contribution in [0.3, 0.4) is 0 Å². The molecule has 0 saturated heterocycles. The van der Waals surface area contributed by atoms with Gasteiger partial charge in [-0.05, 0) is 60.5 Å². The molecule has 0 aromatic heterocycles. The fourth-order valence-corrected chi connectivity index (χ4v) is 2.27. The number of carbonyl (C=O) groups excluding carboxylic acids is 1. The molecule has 1 aromatic carbocycles. The van der Waals surface area contributed by atoms with Gasteiger partial charge in [0.1, 0.15) is 5.75 Å². The first-order valence-electron chi connectivity index (χ1n) is 5.68. The van der Waals surface area contributed by atoms with Crippen molar-refractivity contribution in [2.24, 2.45) is 0 Å². The molecule has 2 nitrogen and oxygen atoms in total. The maximum Gasteiger partial charge on any atom is 0.262 e. The van der Waals surface area contributed by atoms with Crippen LogP contribution in [0.25, 0.3) is 0 Å². The zero-order chi connectivity index (χ0) is 11.5. The first-order valence-corrected chi connectivity index (χ1v) is 6.06. The summed E-state index contributed by atoms with van der Waals surface area (Å²) in [6.45, 7) is 1.89. The van der Waals surface area contributed by atoms with E-state index in [4.69, 9.17) is 16.3 Å². The van der Waals surface area contributed by atoms with Crippen molar-refractivity contribution >= 4 is 16.8 Å². The smallest absolute Gasteiger partial charge is 0.262 e. The number of aryl methyl sites for hydroxylation is 2. The monoisotopic (exact) mass is 238 g/mol. The van der Waals surface area contributed by atoms with E-state index >= 15 is 0 Å². The third-order valence-corrected chi connectivity index (χ3v) is 3.22. The minimum atomic E-state index is -0.527. The number of ether oxygens (including phenoxy) is 1. The fraction of sp³-hybridized carbons (Fsp3) is 0.462. The van der Waals surface area contributed by atoms with Gasteiger partial charge in [0, 0.05) is 0 Å². The van der Waals surface area contributed by atoms with Crippen LogP contribution in [0.2, 0.25) is 0 Å². The quantitative estimate of drug-likeness (QED) is 0.754. The van der Waals surface area contributed by atoms with Gasteiger partial charge in [0.05, 0.1) is 0 Å². The van der Waals surface area contributed by atoms with Gasteiger partial charge in [-0.2, -0.15) is 0 Å². The highest BCUT2D eigenvalue weighted by atomic mass is 35.5. The Morgan fingerprint density at radius 1 is 1.44 bits per heavy atom. The Hall–Kier alpha value is -1.02. The summed E-state index contributed by atoms with van der Waals surface area (Å²) in [5.41, 5.74) is 2.74. The van der Waals surface area contributed by atoms with E-state index in [0.29, 0.717) is 6.42 Å². The topological polar surface area (TPSA) is 26.3 Å². The standard InChI is InChI=1S/C13H15ClO2/c1-2-12(13(14)15)16-11-7-6-9-4-3-5-10(9)8-11/h6-8,12H,2-5H2,1H3/t12-/m0/s1. The number of fused-ring (bicyclic) bond motifs is 1. The van der Waals surface area contributed by atoms with Crippen LogP contribution in [0.1, 0.15) is 30.9 Å². The van der Waals surface area contributed by atoms with Gasteiger partial charge in [0.15, 0.2) is 6.10 Å². The lowest BCUT2D eigenvalue weighted by Gasteiger charge is -2.14. The van der Waals surface area contributed by atoms with Crippen LogP contribution >= 0.6 is 11.6 Å². The summed E-state index contributed by atoms with van der Waals surface area (Å²) in [7, 11) is 0. The van der Waals surface area contributed by atoms with E-state index in [0.717, 1.165) is 18.6 Å². The summed E-state index contributed by atoms with van der Waals surface area (Å²) in [6.07, 6.45) is 3.55. The van der Waals surface area contributed by atoms with Crippen LogP contribution in [0.4, 0.5) is 0 Å². The Labute approximate surface area is 101 Å². The highest BCUT2D eigenvalue weighted by molar-refractivity contribution is 6.64. The number of hydrogen-bond acceptors (Lipinski definition) is 2. The van der Waals surface area contributed by atoms with Crippen molar-refractivity contribution < 1.29 is 9.53 Å². The van der Waals surface area contributed by atoms with Crippen molar-refractivity contribution in [1.29, 1.82) is 0 Å². The van der Waals surface area contributed by atoms with E-state index < -0.39 is 11.3 Å². The maximum atomic E-state index is 11.1. The Kier molecular flexibility index (Phi) is 3.49. The van der Waals surface area contributed by atoms with Gasteiger partial charge in [-0.15, -0.1) is 0 Å². The van der Waals surface area contributed by atoms with Crippen molar-refractivity contribution in [3.8, 4) is 5.75 Å². The van der Waals surface area contributed by atoms with E-state index in [1.165, 1.54) is 17.5 Å². The van der Waals surface area contributed by atoms with Crippen LogP contribution in [0.5, 0.6) is 5.75 Å². The second-order valence-corrected chi connectivity index (χ2v) is 4.48. The Morgan fingerprint density at radius 3 is 2.88 bits per heavy atom. The van der Waals surface area contributed by atoms with E-state index in [1.54, 1.807) is 0 Å². The first kappa shape index (κ1) is 11.5. The lowest BCUT2D eigenvalue weighted by atomic mass is 10.1. The lowest BCUT2D eigenvalue weighted by molar-refractivity contribution is -0.117. The molecule has 86 valence electrons. The number of carbonyl (C=O) groups is 1. The molecule has 3 heteroatoms. The summed E-state index contributed by atoms with van der Waals surface area (Å²) in [4.78, 5) is 11.1. The molecular formula is C13H15ClO2. The molecule has 0 amide bonds. The fourth-order valence-electron chi connectivity index (χ4n) is 2.08. The summed E-state index contributed by atoms with van der Waals surface area (Å²) < 4.78 is 5.57. The average Bonchev–Trinajstić information content (AvgIpc) is 2.72. The average molecular weight is 239 g/mol. The van der Waals surface area contributed by atoms with E-state index in [9.17, 15) is 4.79 Å². The second-order valence-electron chi connectivity index (χ2n) is 4.10. The molecule has 0 fully saturated rings. The minimum absolute atomic E-state index is 0.428.